The molecular weight excluding hydrogens is 511 g/mol. The van der Waals surface area contributed by atoms with E-state index >= 15 is 0 Å². The van der Waals surface area contributed by atoms with Gasteiger partial charge in [0.15, 0.2) is 0 Å². The summed E-state index contributed by atoms with van der Waals surface area (Å²) in [5, 5.41) is 2.63. The SMILES string of the molecule is CC.COCCC(C)(C)OCCCc1cc(-c2cnc(CNC(=O)OC(C)(C)C)cc2C)cc(C(F)(F)F)n1. The largest absolute Gasteiger partial charge is 0.444 e. The van der Waals surface area contributed by atoms with Crippen molar-refractivity contribution in [1.29, 1.82) is 0 Å². The summed E-state index contributed by atoms with van der Waals surface area (Å²) in [4.78, 5) is 20.1. The van der Waals surface area contributed by atoms with Gasteiger partial charge in [0.25, 0.3) is 0 Å². The first-order valence-corrected chi connectivity index (χ1v) is 13.2. The molecule has 10 heteroatoms. The van der Waals surface area contributed by atoms with Crippen molar-refractivity contribution in [2.75, 3.05) is 20.3 Å². The third-order valence-corrected chi connectivity index (χ3v) is 5.44. The minimum Gasteiger partial charge on any atom is -0.444 e. The molecule has 0 bridgehead atoms. The van der Waals surface area contributed by atoms with Gasteiger partial charge in [-0.15, -0.1) is 0 Å². The van der Waals surface area contributed by atoms with E-state index in [1.807, 2.05) is 27.7 Å². The average Bonchev–Trinajstić information content (AvgIpc) is 2.84. The van der Waals surface area contributed by atoms with Crippen molar-refractivity contribution in [1.82, 2.24) is 15.3 Å². The number of carbonyl (C=O) groups is 1. The molecule has 0 atom stereocenters. The number of aromatic nitrogens is 2. The number of nitrogens with zero attached hydrogens (tertiary/aromatic N) is 2. The van der Waals surface area contributed by atoms with Gasteiger partial charge in [-0.2, -0.15) is 13.2 Å². The van der Waals surface area contributed by atoms with Gasteiger partial charge >= 0.3 is 12.3 Å². The Balaban J connectivity index is 0.00000371. The van der Waals surface area contributed by atoms with E-state index in [9.17, 15) is 18.0 Å². The number of methoxy groups -OCH3 is 1. The molecule has 0 fully saturated rings. The molecule has 2 rings (SSSR count). The molecule has 0 aliphatic rings. The number of aryl methyl sites for hydroxylation is 2. The molecule has 0 saturated heterocycles. The number of ether oxygens (including phenoxy) is 3. The number of carbonyl (C=O) groups excluding carboxylic acids is 1. The van der Waals surface area contributed by atoms with Gasteiger partial charge < -0.3 is 19.5 Å². The predicted molar refractivity (Wildman–Crippen MR) is 146 cm³/mol. The van der Waals surface area contributed by atoms with Crippen LogP contribution in [0, 0.1) is 6.92 Å². The minimum absolute atomic E-state index is 0.131. The zero-order chi connectivity index (χ0) is 29.9. The molecule has 0 aliphatic heterocycles. The summed E-state index contributed by atoms with van der Waals surface area (Å²) >= 11 is 0. The Kier molecular flexibility index (Phi) is 13.3. The van der Waals surface area contributed by atoms with Crippen LogP contribution < -0.4 is 5.32 Å². The first-order valence-electron chi connectivity index (χ1n) is 13.2. The third-order valence-electron chi connectivity index (χ3n) is 5.44. The van der Waals surface area contributed by atoms with E-state index < -0.39 is 23.6 Å². The van der Waals surface area contributed by atoms with Crippen LogP contribution in [0.15, 0.2) is 24.4 Å². The fourth-order valence-electron chi connectivity index (χ4n) is 3.53. The lowest BCUT2D eigenvalue weighted by molar-refractivity contribution is -0.141. The highest BCUT2D eigenvalue weighted by atomic mass is 19.4. The van der Waals surface area contributed by atoms with Gasteiger partial charge in [0.2, 0.25) is 0 Å². The maximum atomic E-state index is 13.6. The number of amides is 1. The fourth-order valence-corrected chi connectivity index (χ4v) is 3.53. The highest BCUT2D eigenvalue weighted by Gasteiger charge is 2.33. The Morgan fingerprint density at radius 2 is 1.67 bits per heavy atom. The summed E-state index contributed by atoms with van der Waals surface area (Å²) < 4.78 is 57.0. The number of hydrogen-bond acceptors (Lipinski definition) is 6. The molecule has 0 spiro atoms. The van der Waals surface area contributed by atoms with E-state index in [4.69, 9.17) is 14.2 Å². The van der Waals surface area contributed by atoms with E-state index in [0.717, 1.165) is 11.6 Å². The van der Waals surface area contributed by atoms with Gasteiger partial charge in [0.1, 0.15) is 11.3 Å². The van der Waals surface area contributed by atoms with E-state index in [1.54, 1.807) is 46.9 Å². The van der Waals surface area contributed by atoms with Crippen molar-refractivity contribution in [3.63, 3.8) is 0 Å². The summed E-state index contributed by atoms with van der Waals surface area (Å²) in [6.45, 7) is 16.1. The van der Waals surface area contributed by atoms with Crippen LogP contribution in [0.1, 0.15) is 84.0 Å². The fraction of sp³-hybridized carbons (Fsp3) is 0.621. The van der Waals surface area contributed by atoms with Crippen LogP contribution in [0.3, 0.4) is 0 Å². The maximum Gasteiger partial charge on any atom is 0.433 e. The van der Waals surface area contributed by atoms with E-state index in [1.165, 1.54) is 6.20 Å². The minimum atomic E-state index is -4.58. The van der Waals surface area contributed by atoms with Crippen LogP contribution in [0.2, 0.25) is 0 Å². The zero-order valence-corrected chi connectivity index (χ0v) is 24.7. The van der Waals surface area contributed by atoms with Crippen molar-refractivity contribution < 1.29 is 32.2 Å². The van der Waals surface area contributed by atoms with Crippen LogP contribution in [0.5, 0.6) is 0 Å². The highest BCUT2D eigenvalue weighted by molar-refractivity contribution is 5.68. The van der Waals surface area contributed by atoms with Gasteiger partial charge in [-0.3, -0.25) is 4.98 Å². The molecule has 2 aromatic rings. The van der Waals surface area contributed by atoms with Gasteiger partial charge in [-0.1, -0.05) is 13.8 Å². The quantitative estimate of drug-likeness (QED) is 0.293. The number of nitrogens with one attached hydrogen (secondary N) is 1. The molecule has 2 heterocycles. The normalized spacial score (nSPS) is 12.0. The van der Waals surface area contributed by atoms with Crippen molar-refractivity contribution in [3.05, 3.63) is 47.0 Å². The Morgan fingerprint density at radius 3 is 2.23 bits per heavy atom. The van der Waals surface area contributed by atoms with E-state index in [-0.39, 0.29) is 12.1 Å². The molecule has 0 radical (unpaired) electrons. The van der Waals surface area contributed by atoms with Gasteiger partial charge in [-0.25, -0.2) is 9.78 Å². The van der Waals surface area contributed by atoms with Gasteiger partial charge in [0, 0.05) is 37.8 Å². The summed E-state index contributed by atoms with van der Waals surface area (Å²) in [5.74, 6) is 0. The topological polar surface area (TPSA) is 82.6 Å². The molecule has 1 amide bonds. The van der Waals surface area contributed by atoms with E-state index in [2.05, 4.69) is 15.3 Å². The predicted octanol–water partition coefficient (Wildman–Crippen LogP) is 7.29. The van der Waals surface area contributed by atoms with Crippen molar-refractivity contribution in [2.24, 2.45) is 0 Å². The lowest BCUT2D eigenvalue weighted by atomic mass is 10.00. The summed E-state index contributed by atoms with van der Waals surface area (Å²) in [5.41, 5.74) is 0.608. The molecular formula is C29H44F3N3O4. The number of rotatable bonds is 11. The number of pyridine rings is 2. The van der Waals surface area contributed by atoms with Crippen LogP contribution >= 0.6 is 0 Å². The highest BCUT2D eigenvalue weighted by Crippen LogP contribution is 2.33. The monoisotopic (exact) mass is 555 g/mol. The molecule has 7 nitrogen and oxygen atoms in total. The van der Waals surface area contributed by atoms with Gasteiger partial charge in [0.05, 0.1) is 17.8 Å². The first-order chi connectivity index (χ1) is 18.1. The summed E-state index contributed by atoms with van der Waals surface area (Å²) in [7, 11) is 1.62. The molecule has 39 heavy (non-hydrogen) atoms. The van der Waals surface area contributed by atoms with Crippen LogP contribution in [0.25, 0.3) is 11.1 Å². The number of halogens is 3. The summed E-state index contributed by atoms with van der Waals surface area (Å²) in [6, 6.07) is 4.43. The lowest BCUT2D eigenvalue weighted by Gasteiger charge is -2.25. The Hall–Kier alpha value is -2.72. The Morgan fingerprint density at radius 1 is 1.00 bits per heavy atom. The molecule has 1 N–H and O–H groups in total. The molecule has 0 aliphatic carbocycles. The second-order valence-electron chi connectivity index (χ2n) is 10.5. The second kappa shape index (κ2) is 15.2. The van der Waals surface area contributed by atoms with Crippen molar-refractivity contribution in [2.45, 2.75) is 98.6 Å². The number of alkyl carbamates (subject to hydrolysis) is 1. The second-order valence-corrected chi connectivity index (χ2v) is 10.5. The number of hydrogen-bond donors (Lipinski definition) is 1. The third kappa shape index (κ3) is 12.8. The molecule has 0 unspecified atom stereocenters. The van der Waals surface area contributed by atoms with Crippen LogP contribution in [-0.4, -0.2) is 47.6 Å². The van der Waals surface area contributed by atoms with Crippen molar-refractivity contribution >= 4 is 6.09 Å². The van der Waals surface area contributed by atoms with Crippen LogP contribution in [-0.2, 0) is 33.4 Å². The van der Waals surface area contributed by atoms with Crippen LogP contribution in [0.4, 0.5) is 18.0 Å². The smallest absolute Gasteiger partial charge is 0.433 e. The maximum absolute atomic E-state index is 13.6. The van der Waals surface area contributed by atoms with E-state index in [0.29, 0.717) is 55.0 Å². The average molecular weight is 556 g/mol. The molecule has 220 valence electrons. The van der Waals surface area contributed by atoms with Crippen molar-refractivity contribution in [3.8, 4) is 11.1 Å². The Labute approximate surface area is 230 Å². The number of alkyl halides is 3. The molecule has 2 aromatic heterocycles. The Bertz CT molecular complexity index is 1050. The first kappa shape index (κ1) is 34.3. The molecule has 0 saturated carbocycles. The zero-order valence-electron chi connectivity index (χ0n) is 24.7. The molecule has 0 aromatic carbocycles. The van der Waals surface area contributed by atoms with Gasteiger partial charge in [-0.05, 0) is 90.1 Å². The standard InChI is InChI=1S/C27H38F3N3O4.C2H6/c1-18-13-21(16-32-24(34)37-25(2,3)4)31-17-22(18)19-14-20(33-23(15-19)27(28,29)30)9-8-11-36-26(5,6)10-12-35-7;1-2/h13-15,17H,8-12,16H2,1-7H3,(H,32,34);1-2H3. The summed E-state index contributed by atoms with van der Waals surface area (Å²) in [6.07, 6.45) is -2.07. The lowest BCUT2D eigenvalue weighted by Crippen LogP contribution is -2.32.